The van der Waals surface area contributed by atoms with Crippen LogP contribution in [0.1, 0.15) is 77.6 Å². The quantitative estimate of drug-likeness (QED) is 0.853. The van der Waals surface area contributed by atoms with Gasteiger partial charge in [0.05, 0.1) is 12.7 Å². The summed E-state index contributed by atoms with van der Waals surface area (Å²) < 4.78 is 0. The molecule has 2 unspecified atom stereocenters. The van der Waals surface area contributed by atoms with Gasteiger partial charge in [-0.1, -0.05) is 39.0 Å². The molecule has 0 radical (unpaired) electrons. The van der Waals surface area contributed by atoms with E-state index >= 15 is 0 Å². The summed E-state index contributed by atoms with van der Waals surface area (Å²) in [6.07, 6.45) is 14.4. The number of nitrogens with two attached hydrogens (primary N) is 1. The van der Waals surface area contributed by atoms with Gasteiger partial charge in [-0.05, 0) is 56.3 Å². The van der Waals surface area contributed by atoms with E-state index in [1.807, 2.05) is 0 Å². The molecule has 0 aromatic carbocycles. The summed E-state index contributed by atoms with van der Waals surface area (Å²) in [7, 11) is 0. The summed E-state index contributed by atoms with van der Waals surface area (Å²) in [6, 6.07) is 0. The van der Waals surface area contributed by atoms with Gasteiger partial charge in [0.15, 0.2) is 0 Å². The average Bonchev–Trinajstić information content (AvgIpc) is 2.59. The Morgan fingerprint density at radius 1 is 0.913 bits per heavy atom. The van der Waals surface area contributed by atoms with Gasteiger partial charge in [0.1, 0.15) is 5.78 Å². The van der Waals surface area contributed by atoms with Gasteiger partial charge < -0.3 is 5.73 Å². The highest BCUT2D eigenvalue weighted by Crippen LogP contribution is 2.40. The minimum atomic E-state index is 0.105. The largest absolute Gasteiger partial charge is 0.316 e. The molecule has 2 saturated carbocycles. The third-order valence-corrected chi connectivity index (χ3v) is 6.87. The van der Waals surface area contributed by atoms with Crippen LogP contribution in [0, 0.1) is 23.7 Å². The van der Waals surface area contributed by atoms with E-state index in [-0.39, 0.29) is 6.17 Å². The van der Waals surface area contributed by atoms with Crippen molar-refractivity contribution in [3.05, 3.63) is 0 Å². The lowest BCUT2D eigenvalue weighted by molar-refractivity contribution is -0.126. The van der Waals surface area contributed by atoms with Crippen molar-refractivity contribution >= 4 is 5.78 Å². The second kappa shape index (κ2) is 8.11. The lowest BCUT2D eigenvalue weighted by Crippen LogP contribution is -2.50. The number of rotatable bonds is 4. The van der Waals surface area contributed by atoms with Gasteiger partial charge in [-0.25, -0.2) is 0 Å². The Morgan fingerprint density at radius 2 is 1.57 bits per heavy atom. The highest BCUT2D eigenvalue weighted by molar-refractivity contribution is 5.83. The van der Waals surface area contributed by atoms with E-state index in [2.05, 4.69) is 11.8 Å². The fraction of sp³-hybridized carbons (Fsp3) is 0.950. The minimum Gasteiger partial charge on any atom is -0.316 e. The van der Waals surface area contributed by atoms with Crippen LogP contribution < -0.4 is 5.73 Å². The summed E-state index contributed by atoms with van der Waals surface area (Å²) in [5.74, 6) is 3.35. The second-order valence-electron chi connectivity index (χ2n) is 8.66. The number of hydrogen-bond donors (Lipinski definition) is 1. The fourth-order valence-corrected chi connectivity index (χ4v) is 5.29. The Bertz CT molecular complexity index is 383. The normalized spacial score (nSPS) is 37.7. The smallest absolute Gasteiger partial charge is 0.149 e. The molecule has 2 atom stereocenters. The van der Waals surface area contributed by atoms with Crippen molar-refractivity contribution in [3.63, 3.8) is 0 Å². The number of carbonyl (C=O) groups is 1. The first kappa shape index (κ1) is 17.4. The standard InChI is InChI=1S/C20H36N2O/c1-15-7-12-20(21)22(13-15)14-19(23)18-10-8-17(9-11-18)16-5-3-2-4-6-16/h15-18,20H,2-14,21H2,1H3. The van der Waals surface area contributed by atoms with E-state index < -0.39 is 0 Å². The van der Waals surface area contributed by atoms with Crippen LogP contribution in [0.4, 0.5) is 0 Å². The Kier molecular flexibility index (Phi) is 6.14. The summed E-state index contributed by atoms with van der Waals surface area (Å²) in [5, 5.41) is 0. The molecule has 3 aliphatic rings. The fourth-order valence-electron chi connectivity index (χ4n) is 5.29. The van der Waals surface area contributed by atoms with Crippen LogP contribution in [0.15, 0.2) is 0 Å². The van der Waals surface area contributed by atoms with Crippen molar-refractivity contribution in [1.82, 2.24) is 4.90 Å². The molecule has 0 amide bonds. The Balaban J connectivity index is 1.44. The van der Waals surface area contributed by atoms with Gasteiger partial charge in [0.2, 0.25) is 0 Å². The number of likely N-dealkylation sites (tertiary alicyclic amines) is 1. The molecule has 0 aromatic heterocycles. The molecule has 0 spiro atoms. The van der Waals surface area contributed by atoms with E-state index in [1.165, 1.54) is 51.4 Å². The van der Waals surface area contributed by atoms with Gasteiger partial charge in [-0.15, -0.1) is 0 Å². The van der Waals surface area contributed by atoms with Gasteiger partial charge in [-0.3, -0.25) is 9.69 Å². The van der Waals surface area contributed by atoms with Crippen molar-refractivity contribution in [1.29, 1.82) is 0 Å². The predicted octanol–water partition coefficient (Wildman–Crippen LogP) is 3.96. The van der Waals surface area contributed by atoms with Crippen molar-refractivity contribution in [2.75, 3.05) is 13.1 Å². The topological polar surface area (TPSA) is 46.3 Å². The Hall–Kier alpha value is -0.410. The number of Topliss-reactive ketones (excluding diaryl/α,β-unsaturated/α-hetero) is 1. The SMILES string of the molecule is CC1CCC(N)N(CC(=O)C2CCC(C3CCCCC3)CC2)C1. The van der Waals surface area contributed by atoms with Crippen LogP contribution in [0.5, 0.6) is 0 Å². The average molecular weight is 321 g/mol. The highest BCUT2D eigenvalue weighted by Gasteiger charge is 2.33. The van der Waals surface area contributed by atoms with Crippen LogP contribution >= 0.6 is 0 Å². The summed E-state index contributed by atoms with van der Waals surface area (Å²) >= 11 is 0. The maximum Gasteiger partial charge on any atom is 0.149 e. The Morgan fingerprint density at radius 3 is 2.26 bits per heavy atom. The zero-order valence-electron chi connectivity index (χ0n) is 15.0. The third-order valence-electron chi connectivity index (χ3n) is 6.87. The number of nitrogens with zero attached hydrogens (tertiary/aromatic N) is 1. The van der Waals surface area contributed by atoms with Gasteiger partial charge >= 0.3 is 0 Å². The molecule has 3 fully saturated rings. The van der Waals surface area contributed by atoms with E-state index in [4.69, 9.17) is 5.73 Å². The number of hydrogen-bond acceptors (Lipinski definition) is 3. The number of ketones is 1. The van der Waals surface area contributed by atoms with Crippen molar-refractivity contribution in [3.8, 4) is 0 Å². The molecule has 132 valence electrons. The molecular formula is C20H36N2O. The second-order valence-corrected chi connectivity index (χ2v) is 8.66. The molecule has 23 heavy (non-hydrogen) atoms. The first-order valence-electron chi connectivity index (χ1n) is 10.2. The van der Waals surface area contributed by atoms with Crippen LogP contribution in [0.25, 0.3) is 0 Å². The molecule has 3 rings (SSSR count). The molecule has 1 aliphatic heterocycles. The highest BCUT2D eigenvalue weighted by atomic mass is 16.1. The molecule has 1 saturated heterocycles. The molecule has 3 nitrogen and oxygen atoms in total. The van der Waals surface area contributed by atoms with Crippen LogP contribution in [0.3, 0.4) is 0 Å². The van der Waals surface area contributed by atoms with Gasteiger partial charge in [0.25, 0.3) is 0 Å². The molecule has 2 N–H and O–H groups in total. The Labute approximate surface area is 142 Å². The van der Waals surface area contributed by atoms with E-state index in [1.54, 1.807) is 0 Å². The van der Waals surface area contributed by atoms with Crippen molar-refractivity contribution < 1.29 is 4.79 Å². The number of piperidine rings is 1. The maximum absolute atomic E-state index is 12.7. The lowest BCUT2D eigenvalue weighted by atomic mass is 9.70. The molecule has 2 aliphatic carbocycles. The third kappa shape index (κ3) is 4.57. The van der Waals surface area contributed by atoms with Crippen LogP contribution in [-0.4, -0.2) is 29.9 Å². The minimum absolute atomic E-state index is 0.105. The zero-order chi connectivity index (χ0) is 16.2. The van der Waals surface area contributed by atoms with Gasteiger partial charge in [0, 0.05) is 12.5 Å². The van der Waals surface area contributed by atoms with E-state index in [0.29, 0.717) is 24.2 Å². The first-order chi connectivity index (χ1) is 11.1. The van der Waals surface area contributed by atoms with E-state index in [0.717, 1.165) is 37.6 Å². The van der Waals surface area contributed by atoms with Crippen LogP contribution in [0.2, 0.25) is 0 Å². The monoisotopic (exact) mass is 320 g/mol. The summed E-state index contributed by atoms with van der Waals surface area (Å²) in [5.41, 5.74) is 6.21. The zero-order valence-corrected chi connectivity index (χ0v) is 15.0. The van der Waals surface area contributed by atoms with Crippen LogP contribution in [-0.2, 0) is 4.79 Å². The van der Waals surface area contributed by atoms with E-state index in [9.17, 15) is 4.79 Å². The summed E-state index contributed by atoms with van der Waals surface area (Å²) in [6.45, 7) is 3.88. The molecule has 0 aromatic rings. The van der Waals surface area contributed by atoms with Crippen molar-refractivity contribution in [2.45, 2.75) is 83.7 Å². The molecule has 1 heterocycles. The maximum atomic E-state index is 12.7. The molecular weight excluding hydrogens is 284 g/mol. The predicted molar refractivity (Wildman–Crippen MR) is 95.0 cm³/mol. The first-order valence-corrected chi connectivity index (χ1v) is 10.2. The molecule has 0 bridgehead atoms. The lowest BCUT2D eigenvalue weighted by Gasteiger charge is -2.38. The summed E-state index contributed by atoms with van der Waals surface area (Å²) in [4.78, 5) is 14.9. The number of carbonyl (C=O) groups excluding carboxylic acids is 1. The van der Waals surface area contributed by atoms with Crippen molar-refractivity contribution in [2.24, 2.45) is 29.4 Å². The molecule has 3 heteroatoms. The van der Waals surface area contributed by atoms with Gasteiger partial charge in [-0.2, -0.15) is 0 Å².